The minimum atomic E-state index is -0.0990. The van der Waals surface area contributed by atoms with Crippen LogP contribution in [0.5, 0.6) is 0 Å². The summed E-state index contributed by atoms with van der Waals surface area (Å²) in [6, 6.07) is -0.0170. The number of hydrogen-bond donors (Lipinski definition) is 1. The van der Waals surface area contributed by atoms with Crippen molar-refractivity contribution in [3.63, 3.8) is 0 Å². The van der Waals surface area contributed by atoms with Crippen molar-refractivity contribution in [2.45, 2.75) is 89.7 Å². The lowest BCUT2D eigenvalue weighted by atomic mass is 9.81. The molecule has 1 heterocycles. The molecule has 3 rings (SSSR count). The highest BCUT2D eigenvalue weighted by atomic mass is 16.5. The van der Waals surface area contributed by atoms with E-state index in [1.807, 2.05) is 11.8 Å². The summed E-state index contributed by atoms with van der Waals surface area (Å²) < 4.78 is 11.4. The van der Waals surface area contributed by atoms with Gasteiger partial charge in [-0.2, -0.15) is 0 Å². The van der Waals surface area contributed by atoms with E-state index in [0.717, 1.165) is 77.3 Å². The number of nitrogens with one attached hydrogen (secondary N) is 1. The Bertz CT molecular complexity index is 521. The molecule has 166 valence electrons. The summed E-state index contributed by atoms with van der Waals surface area (Å²) in [6.45, 7) is 5.55. The summed E-state index contributed by atoms with van der Waals surface area (Å²) in [7, 11) is 0. The lowest BCUT2D eigenvalue weighted by molar-refractivity contribution is -0.140. The number of nitrogens with zero attached hydrogens (tertiary/aromatic N) is 1. The highest BCUT2D eigenvalue weighted by molar-refractivity contribution is 5.83. The van der Waals surface area contributed by atoms with Crippen LogP contribution in [0, 0.1) is 11.8 Å². The van der Waals surface area contributed by atoms with Gasteiger partial charge in [-0.1, -0.05) is 25.7 Å². The number of carbonyl (C=O) groups excluding carboxylic acids is 2. The molecule has 4 unspecified atom stereocenters. The Morgan fingerprint density at radius 1 is 0.862 bits per heavy atom. The van der Waals surface area contributed by atoms with Gasteiger partial charge in [0.25, 0.3) is 0 Å². The number of amides is 2. The molecule has 4 atom stereocenters. The SMILES string of the molecule is CCOCCOC1CCCCC1C(=O)NC1CCCCC1C(=O)N1CCCCC1. The second kappa shape index (κ2) is 11.9. The van der Waals surface area contributed by atoms with Crippen LogP contribution in [0.25, 0.3) is 0 Å². The highest BCUT2D eigenvalue weighted by Crippen LogP contribution is 2.30. The summed E-state index contributed by atoms with van der Waals surface area (Å²) in [5.41, 5.74) is 0. The van der Waals surface area contributed by atoms with E-state index in [2.05, 4.69) is 5.32 Å². The average Bonchev–Trinajstić information content (AvgIpc) is 2.77. The van der Waals surface area contributed by atoms with Crippen molar-refractivity contribution in [2.24, 2.45) is 11.8 Å². The minimum absolute atomic E-state index is 0.0170. The maximum Gasteiger partial charge on any atom is 0.227 e. The number of piperidine rings is 1. The number of carbonyl (C=O) groups is 2. The van der Waals surface area contributed by atoms with Gasteiger partial charge >= 0.3 is 0 Å². The summed E-state index contributed by atoms with van der Waals surface area (Å²) in [5, 5.41) is 3.29. The van der Waals surface area contributed by atoms with Gasteiger partial charge in [0.15, 0.2) is 0 Å². The first-order chi connectivity index (χ1) is 14.2. The first-order valence-corrected chi connectivity index (χ1v) is 12.0. The molecule has 1 saturated heterocycles. The topological polar surface area (TPSA) is 67.9 Å². The zero-order valence-corrected chi connectivity index (χ0v) is 18.2. The Labute approximate surface area is 176 Å². The van der Waals surface area contributed by atoms with E-state index >= 15 is 0 Å². The Morgan fingerprint density at radius 3 is 2.31 bits per heavy atom. The molecule has 0 aromatic heterocycles. The molecule has 1 N–H and O–H groups in total. The molecule has 0 radical (unpaired) electrons. The second-order valence-corrected chi connectivity index (χ2v) is 8.89. The molecule has 0 spiro atoms. The minimum Gasteiger partial charge on any atom is -0.379 e. The molecular formula is C23H40N2O4. The van der Waals surface area contributed by atoms with Crippen molar-refractivity contribution < 1.29 is 19.1 Å². The molecular weight excluding hydrogens is 368 g/mol. The summed E-state index contributed by atoms with van der Waals surface area (Å²) in [4.78, 5) is 28.3. The van der Waals surface area contributed by atoms with Crippen molar-refractivity contribution in [3.05, 3.63) is 0 Å². The van der Waals surface area contributed by atoms with Crippen LogP contribution in [-0.2, 0) is 19.1 Å². The van der Waals surface area contributed by atoms with E-state index in [0.29, 0.717) is 19.8 Å². The lowest BCUT2D eigenvalue weighted by Gasteiger charge is -2.38. The Hall–Kier alpha value is -1.14. The smallest absolute Gasteiger partial charge is 0.227 e. The van der Waals surface area contributed by atoms with Crippen LogP contribution in [0.15, 0.2) is 0 Å². The summed E-state index contributed by atoms with van der Waals surface area (Å²) in [5.74, 6) is 0.210. The number of rotatable bonds is 8. The molecule has 2 amide bonds. The van der Waals surface area contributed by atoms with Gasteiger partial charge in [-0.25, -0.2) is 0 Å². The fourth-order valence-corrected chi connectivity index (χ4v) is 5.24. The third-order valence-electron chi connectivity index (χ3n) is 6.88. The van der Waals surface area contributed by atoms with E-state index in [9.17, 15) is 9.59 Å². The van der Waals surface area contributed by atoms with E-state index in [1.165, 1.54) is 6.42 Å². The molecule has 2 saturated carbocycles. The fourth-order valence-electron chi connectivity index (χ4n) is 5.24. The Morgan fingerprint density at radius 2 is 1.55 bits per heavy atom. The fraction of sp³-hybridized carbons (Fsp3) is 0.913. The molecule has 0 bridgehead atoms. The van der Waals surface area contributed by atoms with Gasteiger partial charge in [-0.05, 0) is 51.9 Å². The first kappa shape index (κ1) is 22.5. The number of likely N-dealkylation sites (tertiary alicyclic amines) is 1. The number of hydrogen-bond acceptors (Lipinski definition) is 4. The predicted octanol–water partition coefficient (Wildman–Crippen LogP) is 3.29. The zero-order valence-electron chi connectivity index (χ0n) is 18.2. The third kappa shape index (κ3) is 6.42. The van der Waals surface area contributed by atoms with Gasteiger partial charge in [-0.15, -0.1) is 0 Å². The maximum absolute atomic E-state index is 13.2. The van der Waals surface area contributed by atoms with Crippen LogP contribution in [-0.4, -0.2) is 61.8 Å². The van der Waals surface area contributed by atoms with E-state index in [-0.39, 0.29) is 35.8 Å². The summed E-state index contributed by atoms with van der Waals surface area (Å²) >= 11 is 0. The maximum atomic E-state index is 13.2. The molecule has 2 aliphatic carbocycles. The van der Waals surface area contributed by atoms with Gasteiger partial charge in [0.1, 0.15) is 0 Å². The van der Waals surface area contributed by atoms with E-state index in [4.69, 9.17) is 9.47 Å². The summed E-state index contributed by atoms with van der Waals surface area (Å²) in [6.07, 6.45) is 11.4. The van der Waals surface area contributed by atoms with Gasteiger partial charge < -0.3 is 19.7 Å². The molecule has 3 aliphatic rings. The van der Waals surface area contributed by atoms with Crippen molar-refractivity contribution >= 4 is 11.8 Å². The van der Waals surface area contributed by atoms with E-state index in [1.54, 1.807) is 0 Å². The predicted molar refractivity (Wildman–Crippen MR) is 113 cm³/mol. The van der Waals surface area contributed by atoms with Gasteiger partial charge in [-0.3, -0.25) is 9.59 Å². The second-order valence-electron chi connectivity index (χ2n) is 8.89. The van der Waals surface area contributed by atoms with Crippen molar-refractivity contribution in [1.82, 2.24) is 10.2 Å². The van der Waals surface area contributed by atoms with Crippen LogP contribution in [0.3, 0.4) is 0 Å². The van der Waals surface area contributed by atoms with Crippen LogP contribution in [0.4, 0.5) is 0 Å². The largest absolute Gasteiger partial charge is 0.379 e. The molecule has 1 aliphatic heterocycles. The van der Waals surface area contributed by atoms with Crippen LogP contribution in [0.1, 0.15) is 77.6 Å². The highest BCUT2D eigenvalue weighted by Gasteiger charge is 2.38. The van der Waals surface area contributed by atoms with Gasteiger partial charge in [0.2, 0.25) is 11.8 Å². The molecule has 6 heteroatoms. The quantitative estimate of drug-likeness (QED) is 0.626. The monoisotopic (exact) mass is 408 g/mol. The lowest BCUT2D eigenvalue weighted by Crippen LogP contribution is -2.53. The van der Waals surface area contributed by atoms with Crippen LogP contribution < -0.4 is 5.32 Å². The Kier molecular flexibility index (Phi) is 9.25. The van der Waals surface area contributed by atoms with E-state index < -0.39 is 0 Å². The standard InChI is InChI=1S/C23H40N2O4/c1-2-28-16-17-29-21-13-7-5-11-19(21)22(26)24-20-12-6-4-10-18(20)23(27)25-14-8-3-9-15-25/h18-21H,2-17H2,1H3,(H,24,26). The molecule has 6 nitrogen and oxygen atoms in total. The average molecular weight is 409 g/mol. The van der Waals surface area contributed by atoms with Crippen molar-refractivity contribution in [2.75, 3.05) is 32.9 Å². The van der Waals surface area contributed by atoms with Crippen molar-refractivity contribution in [3.8, 4) is 0 Å². The molecule has 3 fully saturated rings. The van der Waals surface area contributed by atoms with Gasteiger partial charge in [0, 0.05) is 25.7 Å². The van der Waals surface area contributed by atoms with Crippen molar-refractivity contribution in [1.29, 1.82) is 0 Å². The Balaban J connectivity index is 1.56. The van der Waals surface area contributed by atoms with Crippen LogP contribution in [0.2, 0.25) is 0 Å². The normalized spacial score (nSPS) is 30.7. The molecule has 0 aromatic carbocycles. The number of ether oxygens (including phenoxy) is 2. The molecule has 29 heavy (non-hydrogen) atoms. The van der Waals surface area contributed by atoms with Gasteiger partial charge in [0.05, 0.1) is 31.2 Å². The zero-order chi connectivity index (χ0) is 20.5. The first-order valence-electron chi connectivity index (χ1n) is 12.0. The molecule has 0 aromatic rings. The third-order valence-corrected chi connectivity index (χ3v) is 6.88. The van der Waals surface area contributed by atoms with Crippen LogP contribution >= 0.6 is 0 Å².